The van der Waals surface area contributed by atoms with Crippen molar-refractivity contribution in [1.82, 2.24) is 10.2 Å². The Morgan fingerprint density at radius 1 is 1.27 bits per heavy atom. The predicted octanol–water partition coefficient (Wildman–Crippen LogP) is 2.63. The van der Waals surface area contributed by atoms with Crippen LogP contribution in [0, 0.1) is 5.92 Å². The number of rotatable bonds is 3. The molecule has 0 spiro atoms. The number of ether oxygens (including phenoxy) is 1. The van der Waals surface area contributed by atoms with E-state index < -0.39 is 0 Å². The van der Waals surface area contributed by atoms with Gasteiger partial charge in [0.15, 0.2) is 0 Å². The van der Waals surface area contributed by atoms with Crippen molar-refractivity contribution in [3.63, 3.8) is 0 Å². The van der Waals surface area contributed by atoms with Gasteiger partial charge in [-0.1, -0.05) is 23.7 Å². The van der Waals surface area contributed by atoms with Gasteiger partial charge in [0, 0.05) is 18.0 Å². The molecule has 1 N–H and O–H groups in total. The number of nitrogens with zero attached hydrogens (tertiary/aromatic N) is 1. The Morgan fingerprint density at radius 3 is 2.73 bits per heavy atom. The third-order valence-corrected chi connectivity index (χ3v) is 4.83. The maximum absolute atomic E-state index is 12.5. The van der Waals surface area contributed by atoms with Crippen LogP contribution in [0.5, 0.6) is 0 Å². The van der Waals surface area contributed by atoms with Crippen LogP contribution in [0.3, 0.4) is 0 Å². The first-order valence-corrected chi connectivity index (χ1v) is 8.46. The van der Waals surface area contributed by atoms with Gasteiger partial charge in [0.05, 0.1) is 13.2 Å². The van der Waals surface area contributed by atoms with Crippen LogP contribution in [0.25, 0.3) is 0 Å². The van der Waals surface area contributed by atoms with Crippen molar-refractivity contribution < 1.29 is 9.53 Å². The number of carbonyl (C=O) groups is 1. The summed E-state index contributed by atoms with van der Waals surface area (Å²) in [4.78, 5) is 14.5. The van der Waals surface area contributed by atoms with E-state index in [1.54, 1.807) is 0 Å². The van der Waals surface area contributed by atoms with E-state index >= 15 is 0 Å². The Balaban J connectivity index is 1.57. The molecule has 3 rings (SSSR count). The fraction of sp³-hybridized carbons (Fsp3) is 0.588. The number of piperidine rings is 1. The Kier molecular flexibility index (Phi) is 5.34. The second-order valence-electron chi connectivity index (χ2n) is 6.15. The largest absolute Gasteiger partial charge is 0.370 e. The highest BCUT2D eigenvalue weighted by Gasteiger charge is 2.27. The lowest BCUT2D eigenvalue weighted by atomic mass is 9.94. The molecule has 1 aromatic carbocycles. The first-order chi connectivity index (χ1) is 10.7. The maximum Gasteiger partial charge on any atom is 0.223 e. The molecule has 0 radical (unpaired) electrons. The minimum atomic E-state index is -0.0389. The van der Waals surface area contributed by atoms with Crippen LogP contribution in [-0.2, 0) is 9.53 Å². The van der Waals surface area contributed by atoms with Crippen LogP contribution in [-0.4, -0.2) is 43.6 Å². The van der Waals surface area contributed by atoms with Crippen LogP contribution in [0.15, 0.2) is 24.3 Å². The minimum Gasteiger partial charge on any atom is -0.370 e. The van der Waals surface area contributed by atoms with Gasteiger partial charge < -0.3 is 15.0 Å². The molecular weight excluding hydrogens is 300 g/mol. The molecular formula is C17H23ClN2O2. The van der Waals surface area contributed by atoms with E-state index in [4.69, 9.17) is 16.3 Å². The van der Waals surface area contributed by atoms with Crippen molar-refractivity contribution in [2.75, 3.05) is 32.8 Å². The second-order valence-corrected chi connectivity index (χ2v) is 6.58. The summed E-state index contributed by atoms with van der Waals surface area (Å²) in [5.74, 6) is 0.805. The predicted molar refractivity (Wildman–Crippen MR) is 86.9 cm³/mol. The monoisotopic (exact) mass is 322 g/mol. The number of benzene rings is 1. The van der Waals surface area contributed by atoms with Gasteiger partial charge in [-0.2, -0.15) is 0 Å². The molecule has 0 saturated carbocycles. The topological polar surface area (TPSA) is 41.6 Å². The van der Waals surface area contributed by atoms with Gasteiger partial charge >= 0.3 is 0 Å². The van der Waals surface area contributed by atoms with Crippen molar-refractivity contribution in [1.29, 1.82) is 0 Å². The van der Waals surface area contributed by atoms with Crippen molar-refractivity contribution in [3.8, 4) is 0 Å². The lowest BCUT2D eigenvalue weighted by Gasteiger charge is -2.34. The molecule has 5 heteroatoms. The molecule has 2 heterocycles. The highest BCUT2D eigenvalue weighted by Crippen LogP contribution is 2.25. The van der Waals surface area contributed by atoms with Crippen LogP contribution >= 0.6 is 11.6 Å². The molecule has 1 unspecified atom stereocenters. The summed E-state index contributed by atoms with van der Waals surface area (Å²) < 4.78 is 5.83. The van der Waals surface area contributed by atoms with Crippen molar-refractivity contribution in [2.24, 2.45) is 5.92 Å². The molecule has 2 fully saturated rings. The lowest BCUT2D eigenvalue weighted by molar-refractivity contribution is -0.140. The minimum absolute atomic E-state index is 0.0389. The molecule has 4 nitrogen and oxygen atoms in total. The summed E-state index contributed by atoms with van der Waals surface area (Å²) >= 11 is 5.93. The fourth-order valence-corrected chi connectivity index (χ4v) is 3.34. The summed E-state index contributed by atoms with van der Waals surface area (Å²) in [6, 6.07) is 7.70. The zero-order valence-electron chi connectivity index (χ0n) is 12.8. The van der Waals surface area contributed by atoms with Crippen molar-refractivity contribution in [3.05, 3.63) is 34.9 Å². The SMILES string of the molecule is O=C(CC1CCNCC1)N1CCOC(c2ccc(Cl)cc2)C1. The summed E-state index contributed by atoms with van der Waals surface area (Å²) in [6.07, 6.45) is 2.85. The first-order valence-electron chi connectivity index (χ1n) is 8.08. The van der Waals surface area contributed by atoms with E-state index in [0.717, 1.165) is 36.5 Å². The second kappa shape index (κ2) is 7.44. The molecule has 2 aliphatic rings. The van der Waals surface area contributed by atoms with Gasteiger partial charge in [-0.15, -0.1) is 0 Å². The Labute approximate surface area is 136 Å². The lowest BCUT2D eigenvalue weighted by Crippen LogP contribution is -2.43. The normalized spacial score (nSPS) is 23.5. The van der Waals surface area contributed by atoms with Crippen molar-refractivity contribution >= 4 is 17.5 Å². The summed E-state index contributed by atoms with van der Waals surface area (Å²) in [6.45, 7) is 4.02. The first kappa shape index (κ1) is 15.8. The van der Waals surface area contributed by atoms with E-state index in [-0.39, 0.29) is 12.0 Å². The third kappa shape index (κ3) is 4.00. The summed E-state index contributed by atoms with van der Waals surface area (Å²) in [5.41, 5.74) is 1.09. The molecule has 1 amide bonds. The fourth-order valence-electron chi connectivity index (χ4n) is 3.22. The van der Waals surface area contributed by atoms with Crippen LogP contribution in [0.1, 0.15) is 30.9 Å². The van der Waals surface area contributed by atoms with Crippen LogP contribution < -0.4 is 5.32 Å². The Hall–Kier alpha value is -1.10. The van der Waals surface area contributed by atoms with Crippen LogP contribution in [0.4, 0.5) is 0 Å². The molecule has 2 saturated heterocycles. The molecule has 1 atom stereocenters. The molecule has 22 heavy (non-hydrogen) atoms. The number of morpholine rings is 1. The van der Waals surface area contributed by atoms with Crippen LogP contribution in [0.2, 0.25) is 5.02 Å². The number of nitrogens with one attached hydrogen (secondary N) is 1. The number of amides is 1. The van der Waals surface area contributed by atoms with E-state index in [1.807, 2.05) is 29.2 Å². The van der Waals surface area contributed by atoms with E-state index in [2.05, 4.69) is 5.32 Å². The highest BCUT2D eigenvalue weighted by molar-refractivity contribution is 6.30. The molecule has 2 aliphatic heterocycles. The Morgan fingerprint density at radius 2 is 2.00 bits per heavy atom. The highest BCUT2D eigenvalue weighted by atomic mass is 35.5. The summed E-state index contributed by atoms with van der Waals surface area (Å²) in [5, 5.41) is 4.07. The summed E-state index contributed by atoms with van der Waals surface area (Å²) in [7, 11) is 0. The van der Waals surface area contributed by atoms with Gasteiger partial charge in [0.1, 0.15) is 6.10 Å². The van der Waals surface area contributed by atoms with E-state index in [9.17, 15) is 4.79 Å². The van der Waals surface area contributed by atoms with E-state index in [1.165, 1.54) is 0 Å². The third-order valence-electron chi connectivity index (χ3n) is 4.58. The Bertz CT molecular complexity index is 500. The molecule has 0 bridgehead atoms. The van der Waals surface area contributed by atoms with Gasteiger partial charge in [-0.3, -0.25) is 4.79 Å². The smallest absolute Gasteiger partial charge is 0.223 e. The average molecular weight is 323 g/mol. The van der Waals surface area contributed by atoms with E-state index in [0.29, 0.717) is 32.0 Å². The van der Waals surface area contributed by atoms with Crippen molar-refractivity contribution in [2.45, 2.75) is 25.4 Å². The molecule has 0 aromatic heterocycles. The zero-order valence-corrected chi connectivity index (χ0v) is 13.5. The number of carbonyl (C=O) groups excluding carboxylic acids is 1. The quantitative estimate of drug-likeness (QED) is 0.930. The zero-order chi connectivity index (χ0) is 15.4. The molecule has 120 valence electrons. The molecule has 0 aliphatic carbocycles. The standard InChI is InChI=1S/C17H23ClN2O2/c18-15-3-1-14(2-4-15)16-12-20(9-10-22-16)17(21)11-13-5-7-19-8-6-13/h1-4,13,16,19H,5-12H2. The molecule has 1 aromatic rings. The maximum atomic E-state index is 12.5. The number of hydrogen-bond donors (Lipinski definition) is 1. The van der Waals surface area contributed by atoms with Gasteiger partial charge in [0.2, 0.25) is 5.91 Å². The number of hydrogen-bond acceptors (Lipinski definition) is 3. The van der Waals surface area contributed by atoms with Gasteiger partial charge in [-0.25, -0.2) is 0 Å². The van der Waals surface area contributed by atoms with Gasteiger partial charge in [0.25, 0.3) is 0 Å². The van der Waals surface area contributed by atoms with Gasteiger partial charge in [-0.05, 0) is 49.5 Å². The number of halogens is 1. The average Bonchev–Trinajstić information content (AvgIpc) is 2.56.